The molecular weight excluding hydrogens is 146 g/mol. The highest BCUT2D eigenvalue weighted by molar-refractivity contribution is 5.64. The predicted molar refractivity (Wildman–Crippen MR) is 39.4 cm³/mol. The van der Waals surface area contributed by atoms with Crippen LogP contribution >= 0.6 is 0 Å². The third kappa shape index (κ3) is 2.38. The van der Waals surface area contributed by atoms with Crippen LogP contribution in [0.3, 0.4) is 0 Å². The quantitative estimate of drug-likeness (QED) is 0.546. The number of nitrogens with one attached hydrogen (secondary N) is 1. The van der Waals surface area contributed by atoms with Crippen molar-refractivity contribution >= 4 is 6.09 Å². The van der Waals surface area contributed by atoms with Gasteiger partial charge in [-0.25, -0.2) is 4.79 Å². The third-order valence-corrected chi connectivity index (χ3v) is 2.13. The maximum Gasteiger partial charge on any atom is 0.404 e. The standard InChI is InChI=1S/C7H13NO3/c9-4-5-1-2-6(3-5)8-7(10)11/h5-6,8-9H,1-4H2,(H,10,11)/t5-,6+/m0/s1. The van der Waals surface area contributed by atoms with Gasteiger partial charge in [0.05, 0.1) is 0 Å². The van der Waals surface area contributed by atoms with Crippen molar-refractivity contribution in [1.82, 2.24) is 5.32 Å². The summed E-state index contributed by atoms with van der Waals surface area (Å²) in [5.41, 5.74) is 0. The summed E-state index contributed by atoms with van der Waals surface area (Å²) in [4.78, 5) is 10.2. The molecule has 0 aromatic rings. The number of aliphatic hydroxyl groups is 1. The zero-order valence-electron chi connectivity index (χ0n) is 6.29. The van der Waals surface area contributed by atoms with Crippen LogP contribution in [0.2, 0.25) is 0 Å². The molecule has 0 bridgehead atoms. The average Bonchev–Trinajstić information content (AvgIpc) is 2.34. The Morgan fingerprint density at radius 1 is 1.55 bits per heavy atom. The van der Waals surface area contributed by atoms with Gasteiger partial charge in [-0.05, 0) is 25.2 Å². The smallest absolute Gasteiger partial charge is 0.404 e. The maximum atomic E-state index is 10.2. The highest BCUT2D eigenvalue weighted by Crippen LogP contribution is 2.24. The molecule has 1 amide bonds. The van der Waals surface area contributed by atoms with E-state index in [0.717, 1.165) is 19.3 Å². The van der Waals surface area contributed by atoms with E-state index in [2.05, 4.69) is 5.32 Å². The van der Waals surface area contributed by atoms with E-state index < -0.39 is 6.09 Å². The van der Waals surface area contributed by atoms with Crippen LogP contribution in [0.1, 0.15) is 19.3 Å². The average molecular weight is 159 g/mol. The van der Waals surface area contributed by atoms with E-state index >= 15 is 0 Å². The van der Waals surface area contributed by atoms with Gasteiger partial charge in [0.2, 0.25) is 0 Å². The zero-order valence-corrected chi connectivity index (χ0v) is 6.29. The minimum atomic E-state index is -0.964. The number of aliphatic hydroxyl groups excluding tert-OH is 1. The first-order chi connectivity index (χ1) is 5.22. The van der Waals surface area contributed by atoms with Crippen LogP contribution in [0, 0.1) is 5.92 Å². The van der Waals surface area contributed by atoms with Crippen LogP contribution < -0.4 is 5.32 Å². The molecule has 11 heavy (non-hydrogen) atoms. The van der Waals surface area contributed by atoms with Crippen molar-refractivity contribution in [1.29, 1.82) is 0 Å². The molecule has 0 radical (unpaired) electrons. The second-order valence-corrected chi connectivity index (χ2v) is 3.01. The fourth-order valence-electron chi connectivity index (χ4n) is 1.55. The van der Waals surface area contributed by atoms with Crippen molar-refractivity contribution in [2.75, 3.05) is 6.61 Å². The van der Waals surface area contributed by atoms with Crippen molar-refractivity contribution in [2.24, 2.45) is 5.92 Å². The lowest BCUT2D eigenvalue weighted by molar-refractivity contribution is 0.188. The summed E-state index contributed by atoms with van der Waals surface area (Å²) in [5, 5.41) is 19.5. The molecule has 0 spiro atoms. The lowest BCUT2D eigenvalue weighted by Crippen LogP contribution is -2.31. The minimum absolute atomic E-state index is 0.0599. The molecule has 1 saturated carbocycles. The molecule has 1 fully saturated rings. The van der Waals surface area contributed by atoms with Gasteiger partial charge in [-0.15, -0.1) is 0 Å². The highest BCUT2D eigenvalue weighted by Gasteiger charge is 2.24. The number of rotatable bonds is 2. The molecule has 1 aliphatic carbocycles. The summed E-state index contributed by atoms with van der Waals surface area (Å²) < 4.78 is 0. The van der Waals surface area contributed by atoms with Crippen molar-refractivity contribution in [3.8, 4) is 0 Å². The first kappa shape index (κ1) is 8.33. The largest absolute Gasteiger partial charge is 0.465 e. The van der Waals surface area contributed by atoms with Crippen LogP contribution in [0.4, 0.5) is 4.79 Å². The summed E-state index contributed by atoms with van der Waals surface area (Å²) in [6, 6.07) is 0.0599. The van der Waals surface area contributed by atoms with Crippen LogP contribution in [-0.2, 0) is 0 Å². The molecule has 0 unspecified atom stereocenters. The molecule has 0 saturated heterocycles. The van der Waals surface area contributed by atoms with Gasteiger partial charge in [-0.1, -0.05) is 0 Å². The molecule has 0 aromatic carbocycles. The Balaban J connectivity index is 2.24. The Labute approximate surface area is 65.2 Å². The molecule has 4 nitrogen and oxygen atoms in total. The fourth-order valence-corrected chi connectivity index (χ4v) is 1.55. The van der Waals surface area contributed by atoms with Crippen molar-refractivity contribution in [3.63, 3.8) is 0 Å². The van der Waals surface area contributed by atoms with Crippen LogP contribution in [0.25, 0.3) is 0 Å². The molecule has 1 rings (SSSR count). The van der Waals surface area contributed by atoms with Crippen molar-refractivity contribution in [3.05, 3.63) is 0 Å². The lowest BCUT2D eigenvalue weighted by atomic mass is 10.1. The van der Waals surface area contributed by atoms with Gasteiger partial charge in [0.1, 0.15) is 0 Å². The summed E-state index contributed by atoms with van der Waals surface area (Å²) in [5.74, 6) is 0.298. The Bertz CT molecular complexity index is 149. The number of amides is 1. The van der Waals surface area contributed by atoms with Gasteiger partial charge >= 0.3 is 6.09 Å². The summed E-state index contributed by atoms with van der Waals surface area (Å²) in [6.07, 6.45) is 1.61. The Kier molecular flexibility index (Phi) is 2.70. The molecule has 1 aliphatic rings. The highest BCUT2D eigenvalue weighted by atomic mass is 16.4. The molecule has 0 aliphatic heterocycles. The SMILES string of the molecule is O=C(O)N[C@@H]1CC[C@H](CO)C1. The van der Waals surface area contributed by atoms with E-state index in [1.807, 2.05) is 0 Å². The van der Waals surface area contributed by atoms with E-state index in [0.29, 0.717) is 5.92 Å². The Morgan fingerprint density at radius 3 is 2.73 bits per heavy atom. The summed E-state index contributed by atoms with van der Waals surface area (Å²) in [6.45, 7) is 0.178. The van der Waals surface area contributed by atoms with Gasteiger partial charge < -0.3 is 15.5 Å². The third-order valence-electron chi connectivity index (χ3n) is 2.13. The van der Waals surface area contributed by atoms with Crippen molar-refractivity contribution < 1.29 is 15.0 Å². The second-order valence-electron chi connectivity index (χ2n) is 3.01. The van der Waals surface area contributed by atoms with Gasteiger partial charge in [-0.2, -0.15) is 0 Å². The number of hydrogen-bond donors (Lipinski definition) is 3. The number of carboxylic acid groups (broad SMARTS) is 1. The molecule has 3 N–H and O–H groups in total. The number of carbonyl (C=O) groups is 1. The predicted octanol–water partition coefficient (Wildman–Crippen LogP) is 0.415. The van der Waals surface area contributed by atoms with E-state index in [9.17, 15) is 4.79 Å². The maximum absolute atomic E-state index is 10.2. The topological polar surface area (TPSA) is 69.6 Å². The summed E-state index contributed by atoms with van der Waals surface area (Å²) in [7, 11) is 0. The molecular formula is C7H13NO3. The molecule has 64 valence electrons. The minimum Gasteiger partial charge on any atom is -0.465 e. The second kappa shape index (κ2) is 3.57. The number of hydrogen-bond acceptors (Lipinski definition) is 2. The van der Waals surface area contributed by atoms with E-state index in [4.69, 9.17) is 10.2 Å². The van der Waals surface area contributed by atoms with Gasteiger partial charge in [0, 0.05) is 12.6 Å². The Morgan fingerprint density at radius 2 is 2.27 bits per heavy atom. The van der Waals surface area contributed by atoms with Crippen molar-refractivity contribution in [2.45, 2.75) is 25.3 Å². The first-order valence-corrected chi connectivity index (χ1v) is 3.82. The van der Waals surface area contributed by atoms with E-state index in [1.165, 1.54) is 0 Å². The lowest BCUT2D eigenvalue weighted by Gasteiger charge is -2.08. The fraction of sp³-hybridized carbons (Fsp3) is 0.857. The van der Waals surface area contributed by atoms with E-state index in [1.54, 1.807) is 0 Å². The normalized spacial score (nSPS) is 30.3. The molecule has 0 aromatic heterocycles. The Hall–Kier alpha value is -0.770. The van der Waals surface area contributed by atoms with Gasteiger partial charge in [0.25, 0.3) is 0 Å². The zero-order chi connectivity index (χ0) is 8.27. The van der Waals surface area contributed by atoms with E-state index in [-0.39, 0.29) is 12.6 Å². The van der Waals surface area contributed by atoms with Crippen LogP contribution in [0.15, 0.2) is 0 Å². The van der Waals surface area contributed by atoms with Gasteiger partial charge in [-0.3, -0.25) is 0 Å². The van der Waals surface area contributed by atoms with Gasteiger partial charge in [0.15, 0.2) is 0 Å². The summed E-state index contributed by atoms with van der Waals surface area (Å²) >= 11 is 0. The first-order valence-electron chi connectivity index (χ1n) is 3.82. The molecule has 4 heteroatoms. The monoisotopic (exact) mass is 159 g/mol. The molecule has 0 heterocycles. The van der Waals surface area contributed by atoms with Crippen LogP contribution in [-0.4, -0.2) is 29.0 Å². The van der Waals surface area contributed by atoms with Crippen LogP contribution in [0.5, 0.6) is 0 Å². The molecule has 2 atom stereocenters.